The predicted molar refractivity (Wildman–Crippen MR) is 110 cm³/mol. The van der Waals surface area contributed by atoms with Crippen LogP contribution in [0.5, 0.6) is 5.75 Å². The fourth-order valence-corrected chi connectivity index (χ4v) is 4.63. The molecule has 1 amide bonds. The number of carbonyl (C=O) groups is 1. The fraction of sp³-hybridized carbons (Fsp3) is 0.158. The molecule has 7 nitrogen and oxygen atoms in total. The number of nitrogens with one attached hydrogen (secondary N) is 2. The molecule has 1 aromatic heterocycles. The van der Waals surface area contributed by atoms with Crippen LogP contribution in [0.15, 0.2) is 47.4 Å². The molecule has 0 aliphatic heterocycles. The number of nitrogens with zero attached hydrogens (tertiary/aromatic N) is 1. The van der Waals surface area contributed by atoms with Gasteiger partial charge in [0.2, 0.25) is 0 Å². The quantitative estimate of drug-likeness (QED) is 0.611. The van der Waals surface area contributed by atoms with Gasteiger partial charge in [0.1, 0.15) is 16.4 Å². The van der Waals surface area contributed by atoms with E-state index in [0.29, 0.717) is 17.1 Å². The number of ether oxygens (including phenoxy) is 1. The second-order valence-electron chi connectivity index (χ2n) is 6.15. The molecule has 3 rings (SSSR count). The summed E-state index contributed by atoms with van der Waals surface area (Å²) < 4.78 is 45.5. The highest BCUT2D eigenvalue weighted by atomic mass is 32.2. The van der Waals surface area contributed by atoms with E-state index >= 15 is 0 Å². The first-order chi connectivity index (χ1) is 13.7. The summed E-state index contributed by atoms with van der Waals surface area (Å²) in [6.45, 7) is 3.49. The zero-order valence-corrected chi connectivity index (χ0v) is 17.4. The molecule has 2 aromatic carbocycles. The Bertz CT molecular complexity index is 1160. The molecule has 10 heteroatoms. The van der Waals surface area contributed by atoms with Crippen molar-refractivity contribution in [3.05, 3.63) is 64.4 Å². The van der Waals surface area contributed by atoms with Crippen LogP contribution in [0.25, 0.3) is 0 Å². The van der Waals surface area contributed by atoms with Gasteiger partial charge in [0.15, 0.2) is 5.13 Å². The largest absolute Gasteiger partial charge is 0.495 e. The molecule has 0 fully saturated rings. The van der Waals surface area contributed by atoms with E-state index in [1.165, 1.54) is 7.11 Å². The number of halogens is 1. The summed E-state index contributed by atoms with van der Waals surface area (Å²) in [5.41, 5.74) is 1.81. The molecule has 0 bridgehead atoms. The van der Waals surface area contributed by atoms with Crippen molar-refractivity contribution in [3.8, 4) is 5.75 Å². The average molecular weight is 436 g/mol. The first-order valence-corrected chi connectivity index (χ1v) is 10.7. The maximum Gasteiger partial charge on any atom is 0.267 e. The number of aromatic nitrogens is 1. The van der Waals surface area contributed by atoms with Crippen LogP contribution in [0.3, 0.4) is 0 Å². The number of hydrogen-bond donors (Lipinski definition) is 2. The van der Waals surface area contributed by atoms with Gasteiger partial charge in [0.05, 0.1) is 23.4 Å². The Morgan fingerprint density at radius 3 is 2.48 bits per heavy atom. The SMILES string of the molecule is COc1ccc(C)cc1NC(=O)c1sc(NS(=O)(=O)c2ccc(F)cc2)nc1C. The Hall–Kier alpha value is -2.98. The van der Waals surface area contributed by atoms with Crippen LogP contribution in [0.1, 0.15) is 20.9 Å². The first kappa shape index (κ1) is 20.7. The van der Waals surface area contributed by atoms with Gasteiger partial charge in [0, 0.05) is 0 Å². The third-order valence-corrected chi connectivity index (χ3v) is 6.51. The van der Waals surface area contributed by atoms with Crippen LogP contribution in [-0.2, 0) is 10.0 Å². The predicted octanol–water partition coefficient (Wildman–Crippen LogP) is 3.96. The molecule has 0 spiro atoms. The zero-order chi connectivity index (χ0) is 21.2. The van der Waals surface area contributed by atoms with Crippen molar-refractivity contribution in [1.82, 2.24) is 4.98 Å². The lowest BCUT2D eigenvalue weighted by Crippen LogP contribution is -2.12. The lowest BCUT2D eigenvalue weighted by molar-refractivity contribution is 0.102. The molecule has 3 aromatic rings. The summed E-state index contributed by atoms with van der Waals surface area (Å²) in [5, 5.41) is 2.80. The Morgan fingerprint density at radius 1 is 1.14 bits per heavy atom. The number of anilines is 2. The van der Waals surface area contributed by atoms with E-state index in [-0.39, 0.29) is 14.9 Å². The molecule has 0 atom stereocenters. The molecular formula is C19H18FN3O4S2. The summed E-state index contributed by atoms with van der Waals surface area (Å²) in [6, 6.07) is 9.77. The van der Waals surface area contributed by atoms with E-state index < -0.39 is 21.7 Å². The Labute approximate surface area is 171 Å². The molecule has 0 aliphatic rings. The van der Waals surface area contributed by atoms with E-state index in [1.54, 1.807) is 19.1 Å². The zero-order valence-electron chi connectivity index (χ0n) is 15.8. The van der Waals surface area contributed by atoms with Crippen molar-refractivity contribution in [2.45, 2.75) is 18.7 Å². The van der Waals surface area contributed by atoms with Gasteiger partial charge in [-0.3, -0.25) is 9.52 Å². The molecule has 152 valence electrons. The topological polar surface area (TPSA) is 97.4 Å². The molecule has 29 heavy (non-hydrogen) atoms. The molecule has 0 saturated heterocycles. The Kier molecular flexibility index (Phi) is 5.85. The van der Waals surface area contributed by atoms with Crippen LogP contribution in [0.4, 0.5) is 15.2 Å². The van der Waals surface area contributed by atoms with Crippen LogP contribution in [-0.4, -0.2) is 26.4 Å². The molecule has 1 heterocycles. The maximum atomic E-state index is 13.0. The Balaban J connectivity index is 1.82. The van der Waals surface area contributed by atoms with Gasteiger partial charge in [-0.05, 0) is 55.8 Å². The normalized spacial score (nSPS) is 11.2. The number of benzene rings is 2. The van der Waals surface area contributed by atoms with Crippen molar-refractivity contribution in [3.63, 3.8) is 0 Å². The lowest BCUT2D eigenvalue weighted by Gasteiger charge is -2.10. The fourth-order valence-electron chi connectivity index (χ4n) is 2.54. The number of carbonyl (C=O) groups excluding carboxylic acids is 1. The van der Waals surface area contributed by atoms with Gasteiger partial charge >= 0.3 is 0 Å². The molecule has 0 unspecified atom stereocenters. The van der Waals surface area contributed by atoms with Crippen LogP contribution in [0.2, 0.25) is 0 Å². The monoisotopic (exact) mass is 435 g/mol. The first-order valence-electron chi connectivity index (χ1n) is 8.41. The summed E-state index contributed by atoms with van der Waals surface area (Å²) >= 11 is 0.901. The summed E-state index contributed by atoms with van der Waals surface area (Å²) in [6.07, 6.45) is 0. The number of amides is 1. The van der Waals surface area contributed by atoms with Crippen LogP contribution >= 0.6 is 11.3 Å². The minimum absolute atomic E-state index is 0.0354. The molecule has 0 radical (unpaired) electrons. The lowest BCUT2D eigenvalue weighted by atomic mass is 10.2. The van der Waals surface area contributed by atoms with Gasteiger partial charge in [-0.1, -0.05) is 17.4 Å². The highest BCUT2D eigenvalue weighted by Gasteiger charge is 2.21. The standard InChI is InChI=1S/C19H18FN3O4S2/c1-11-4-9-16(27-3)15(10-11)22-18(24)17-12(2)21-19(28-17)23-29(25,26)14-7-5-13(20)6-8-14/h4-10H,1-3H3,(H,21,23)(H,22,24). The minimum Gasteiger partial charge on any atom is -0.495 e. The number of methoxy groups -OCH3 is 1. The number of rotatable bonds is 6. The highest BCUT2D eigenvalue weighted by Crippen LogP contribution is 2.29. The summed E-state index contributed by atoms with van der Waals surface area (Å²) in [5.74, 6) is -0.473. The highest BCUT2D eigenvalue weighted by molar-refractivity contribution is 7.93. The van der Waals surface area contributed by atoms with Crippen molar-refractivity contribution >= 4 is 38.1 Å². The van der Waals surface area contributed by atoms with E-state index in [9.17, 15) is 17.6 Å². The van der Waals surface area contributed by atoms with Gasteiger partial charge < -0.3 is 10.1 Å². The van der Waals surface area contributed by atoms with Crippen LogP contribution in [0, 0.1) is 19.7 Å². The number of hydrogen-bond acceptors (Lipinski definition) is 6. The van der Waals surface area contributed by atoms with Crippen LogP contribution < -0.4 is 14.8 Å². The van der Waals surface area contributed by atoms with Crippen molar-refractivity contribution in [2.75, 3.05) is 17.1 Å². The van der Waals surface area contributed by atoms with E-state index in [2.05, 4.69) is 15.0 Å². The minimum atomic E-state index is -3.95. The smallest absolute Gasteiger partial charge is 0.267 e. The van der Waals surface area contributed by atoms with Crippen molar-refractivity contribution in [2.24, 2.45) is 0 Å². The molecule has 2 N–H and O–H groups in total. The average Bonchev–Trinajstić information content (AvgIpc) is 3.02. The molecule has 0 saturated carbocycles. The van der Waals surface area contributed by atoms with Gasteiger partial charge in [0.25, 0.3) is 15.9 Å². The molecular weight excluding hydrogens is 417 g/mol. The number of aryl methyl sites for hydroxylation is 2. The van der Waals surface area contributed by atoms with E-state index in [4.69, 9.17) is 4.74 Å². The summed E-state index contributed by atoms with van der Waals surface area (Å²) in [4.78, 5) is 17.0. The van der Waals surface area contributed by atoms with Gasteiger partial charge in [-0.2, -0.15) is 0 Å². The van der Waals surface area contributed by atoms with Gasteiger partial charge in [-0.15, -0.1) is 0 Å². The van der Waals surface area contributed by atoms with Gasteiger partial charge in [-0.25, -0.2) is 17.8 Å². The second kappa shape index (κ2) is 8.18. The summed E-state index contributed by atoms with van der Waals surface area (Å²) in [7, 11) is -2.45. The third kappa shape index (κ3) is 4.72. The maximum absolute atomic E-state index is 13.0. The molecule has 0 aliphatic carbocycles. The number of sulfonamides is 1. The van der Waals surface area contributed by atoms with Crippen molar-refractivity contribution < 1.29 is 22.3 Å². The second-order valence-corrected chi connectivity index (χ2v) is 8.83. The van der Waals surface area contributed by atoms with E-state index in [0.717, 1.165) is 41.2 Å². The Morgan fingerprint density at radius 2 is 1.83 bits per heavy atom. The number of thiazole rings is 1. The van der Waals surface area contributed by atoms with Crippen molar-refractivity contribution in [1.29, 1.82) is 0 Å². The van der Waals surface area contributed by atoms with E-state index in [1.807, 2.05) is 13.0 Å². The third-order valence-electron chi connectivity index (χ3n) is 3.95.